The molecule has 48 heavy (non-hydrogen) atoms. The van der Waals surface area contributed by atoms with Gasteiger partial charge >= 0.3 is 0 Å². The summed E-state index contributed by atoms with van der Waals surface area (Å²) in [5.74, 6) is -3.13. The fourth-order valence-electron chi connectivity index (χ4n) is 6.30. The van der Waals surface area contributed by atoms with Crippen LogP contribution in [0.4, 0.5) is 19.6 Å². The number of pyridine rings is 2. The molecule has 4 heterocycles. The lowest BCUT2D eigenvalue weighted by atomic mass is 9.99. The summed E-state index contributed by atoms with van der Waals surface area (Å²) >= 11 is 8.13. The van der Waals surface area contributed by atoms with Gasteiger partial charge in [-0.15, -0.1) is 0 Å². The minimum atomic E-state index is -4.28. The Kier molecular flexibility index (Phi) is 8.54. The number of piperazine rings is 1. The number of nitrogen functional groups attached to an aromatic ring is 1. The lowest BCUT2D eigenvalue weighted by molar-refractivity contribution is -0.128. The third-order valence-corrected chi connectivity index (χ3v) is 10.7. The molecule has 250 valence electrons. The van der Waals surface area contributed by atoms with E-state index in [9.17, 15) is 22.4 Å². The number of carbonyl (C=O) groups excluding carboxylic acids is 1. The van der Waals surface area contributed by atoms with Gasteiger partial charge in [-0.2, -0.15) is 0 Å². The van der Waals surface area contributed by atoms with E-state index in [4.69, 9.17) is 17.3 Å². The summed E-state index contributed by atoms with van der Waals surface area (Å²) in [7, 11) is -4.28. The van der Waals surface area contributed by atoms with Crippen LogP contribution in [-0.4, -0.2) is 66.2 Å². The number of aryl methyl sites for hydroxylation is 1. The number of hydrogen-bond acceptors (Lipinski definition) is 9. The normalized spacial score (nSPS) is 14.0. The summed E-state index contributed by atoms with van der Waals surface area (Å²) in [5.41, 5.74) is 6.73. The van der Waals surface area contributed by atoms with Crippen LogP contribution >= 0.6 is 22.9 Å². The number of thiazole rings is 1. The van der Waals surface area contributed by atoms with E-state index in [-0.39, 0.29) is 70.1 Å². The average molecular weight is 713 g/mol. The number of fused-ring (bicyclic) bond motifs is 2. The van der Waals surface area contributed by atoms with Crippen molar-refractivity contribution < 1.29 is 22.0 Å². The first-order valence-corrected chi connectivity index (χ1v) is 18.0. The Labute approximate surface area is 284 Å². The Hall–Kier alpha value is -4.40. The number of benzene rings is 2. The molecule has 3 aromatic heterocycles. The zero-order valence-corrected chi connectivity index (χ0v) is 28.9. The Morgan fingerprint density at radius 3 is 2.46 bits per heavy atom. The first-order valence-electron chi connectivity index (χ1n) is 14.9. The summed E-state index contributed by atoms with van der Waals surface area (Å²) < 4.78 is 60.2. The largest absolute Gasteiger partial charge is 0.375 e. The van der Waals surface area contributed by atoms with Gasteiger partial charge in [0.2, 0.25) is 0 Å². The van der Waals surface area contributed by atoms with E-state index in [1.165, 1.54) is 22.3 Å². The van der Waals surface area contributed by atoms with Crippen LogP contribution in [0.25, 0.3) is 37.9 Å². The van der Waals surface area contributed by atoms with Crippen LogP contribution in [0.5, 0.6) is 0 Å². The molecule has 0 atom stereocenters. The number of nitrogens with zero attached hydrogens (tertiary/aromatic N) is 5. The van der Waals surface area contributed by atoms with Crippen LogP contribution in [0.2, 0.25) is 5.02 Å². The maximum absolute atomic E-state index is 17.6. The number of aromatic nitrogens is 3. The van der Waals surface area contributed by atoms with Gasteiger partial charge in [-0.05, 0) is 36.6 Å². The lowest BCUT2D eigenvalue weighted by Gasteiger charge is -2.37. The Balaban J connectivity index is 1.78. The van der Waals surface area contributed by atoms with Gasteiger partial charge in [-0.25, -0.2) is 22.2 Å². The van der Waals surface area contributed by atoms with E-state index in [1.54, 1.807) is 42.3 Å². The fourth-order valence-corrected chi connectivity index (χ4v) is 8.35. The van der Waals surface area contributed by atoms with Crippen molar-refractivity contribution in [1.82, 2.24) is 19.4 Å². The third-order valence-electron chi connectivity index (χ3n) is 8.40. The third kappa shape index (κ3) is 5.51. The second-order valence-corrected chi connectivity index (χ2v) is 15.4. The number of sulfone groups is 1. The molecular formula is C33H31ClF2N6O4S2. The molecule has 0 spiro atoms. The minimum absolute atomic E-state index is 0.00366. The maximum atomic E-state index is 17.6. The molecule has 2 aromatic carbocycles. The van der Waals surface area contributed by atoms with Gasteiger partial charge < -0.3 is 15.5 Å². The monoisotopic (exact) mass is 712 g/mol. The van der Waals surface area contributed by atoms with Crippen LogP contribution in [0.15, 0.2) is 58.6 Å². The summed E-state index contributed by atoms with van der Waals surface area (Å²) in [5, 5.41) is 0.270. The van der Waals surface area contributed by atoms with Crippen molar-refractivity contribution in [3.05, 3.63) is 81.4 Å². The predicted molar refractivity (Wildman–Crippen MR) is 186 cm³/mol. The minimum Gasteiger partial charge on any atom is -0.375 e. The van der Waals surface area contributed by atoms with Crippen molar-refractivity contribution in [3.63, 3.8) is 0 Å². The zero-order valence-electron chi connectivity index (χ0n) is 26.5. The molecule has 1 saturated heterocycles. The number of amides is 1. The van der Waals surface area contributed by atoms with Gasteiger partial charge in [0.05, 0.1) is 37.8 Å². The topological polar surface area (TPSA) is 131 Å². The van der Waals surface area contributed by atoms with Gasteiger partial charge in [-0.1, -0.05) is 55.5 Å². The molecule has 1 aliphatic heterocycles. The molecule has 1 amide bonds. The Morgan fingerprint density at radius 2 is 1.83 bits per heavy atom. The zero-order chi connectivity index (χ0) is 34.8. The molecule has 0 unspecified atom stereocenters. The lowest BCUT2D eigenvalue weighted by Crippen LogP contribution is -2.49. The molecule has 1 aliphatic rings. The Bertz CT molecular complexity index is 2350. The first kappa shape index (κ1) is 33.5. The summed E-state index contributed by atoms with van der Waals surface area (Å²) in [6, 6.07) is 8.27. The van der Waals surface area contributed by atoms with Crippen molar-refractivity contribution in [3.8, 4) is 16.8 Å². The van der Waals surface area contributed by atoms with Crippen LogP contribution in [-0.2, 0) is 14.6 Å². The molecule has 6 rings (SSSR count). The van der Waals surface area contributed by atoms with E-state index in [0.717, 1.165) is 10.8 Å². The quantitative estimate of drug-likeness (QED) is 0.212. The number of nitrogens with two attached hydrogens (primary N) is 1. The maximum Gasteiger partial charge on any atom is 0.282 e. The van der Waals surface area contributed by atoms with E-state index < -0.39 is 37.8 Å². The first-order chi connectivity index (χ1) is 22.6. The van der Waals surface area contributed by atoms with E-state index >= 15 is 4.39 Å². The van der Waals surface area contributed by atoms with E-state index in [1.807, 2.05) is 13.8 Å². The second kappa shape index (κ2) is 12.2. The fraction of sp³-hybridized carbons (Fsp3) is 0.273. The van der Waals surface area contributed by atoms with Crippen molar-refractivity contribution in [1.29, 1.82) is 0 Å². The molecule has 0 saturated carbocycles. The summed E-state index contributed by atoms with van der Waals surface area (Å²) in [4.78, 5) is 38.3. The van der Waals surface area contributed by atoms with Crippen molar-refractivity contribution in [2.24, 2.45) is 0 Å². The van der Waals surface area contributed by atoms with Crippen molar-refractivity contribution in [2.75, 3.05) is 43.1 Å². The number of para-hydroxylation sites is 1. The molecular weight excluding hydrogens is 682 g/mol. The van der Waals surface area contributed by atoms with Gasteiger partial charge in [0, 0.05) is 55.1 Å². The Morgan fingerprint density at radius 1 is 1.15 bits per heavy atom. The van der Waals surface area contributed by atoms with Crippen LogP contribution in [0.3, 0.4) is 0 Å². The highest BCUT2D eigenvalue weighted by Gasteiger charge is 2.34. The van der Waals surface area contributed by atoms with Crippen molar-refractivity contribution >= 4 is 70.6 Å². The standard InChI is InChI=1S/C33H31ClF2N6O4S2/c1-16(2)25-27(17(3)9-10-38-25)42-28-20(15-21(34)23(24(28)36)19-7-6-8-22-26(19)39-33(37)47-22)29(30(32(42)44)48(5,45)46)40-11-13-41(14-12-40)31(43)18(4)35/h6-10,15-16H,4,11-14H2,1-3,5H3,(H2,37,39). The van der Waals surface area contributed by atoms with E-state index in [0.29, 0.717) is 27.0 Å². The molecule has 0 aliphatic carbocycles. The van der Waals surface area contributed by atoms with Gasteiger partial charge in [0.15, 0.2) is 31.5 Å². The second-order valence-electron chi connectivity index (χ2n) is 11.9. The SMILES string of the molecule is C=C(F)C(=O)N1CCN(c2c(S(C)(=O)=O)c(=O)n(-c3c(C)ccnc3C(C)C)c3c(F)c(-c4cccc5sc(N)nc45)c(Cl)cc23)CC1. The van der Waals surface area contributed by atoms with Crippen LogP contribution in [0, 0.1) is 12.7 Å². The summed E-state index contributed by atoms with van der Waals surface area (Å²) in [6.45, 7) is 8.56. The molecule has 1 fully saturated rings. The molecule has 0 radical (unpaired) electrons. The van der Waals surface area contributed by atoms with Crippen LogP contribution in [0.1, 0.15) is 31.0 Å². The number of carbonyl (C=O) groups is 1. The predicted octanol–water partition coefficient (Wildman–Crippen LogP) is 6.00. The number of hydrogen-bond donors (Lipinski definition) is 1. The highest BCUT2D eigenvalue weighted by molar-refractivity contribution is 7.90. The van der Waals surface area contributed by atoms with Crippen molar-refractivity contribution in [2.45, 2.75) is 31.6 Å². The molecule has 0 bridgehead atoms. The number of anilines is 2. The number of rotatable bonds is 6. The molecule has 5 aromatic rings. The van der Waals surface area contributed by atoms with Gasteiger partial charge in [-0.3, -0.25) is 19.1 Å². The number of halogens is 3. The highest BCUT2D eigenvalue weighted by Crippen LogP contribution is 2.44. The smallest absolute Gasteiger partial charge is 0.282 e. The van der Waals surface area contributed by atoms with Gasteiger partial charge in [0.25, 0.3) is 11.5 Å². The summed E-state index contributed by atoms with van der Waals surface area (Å²) in [6.07, 6.45) is 2.49. The molecule has 15 heteroatoms. The van der Waals surface area contributed by atoms with Crippen LogP contribution < -0.4 is 16.2 Å². The van der Waals surface area contributed by atoms with Gasteiger partial charge in [0.1, 0.15) is 0 Å². The average Bonchev–Trinajstić information content (AvgIpc) is 3.41. The molecule has 10 nitrogen and oxygen atoms in total. The van der Waals surface area contributed by atoms with E-state index in [2.05, 4.69) is 16.5 Å². The molecule has 2 N–H and O–H groups in total. The highest BCUT2D eigenvalue weighted by atomic mass is 35.5.